The van der Waals surface area contributed by atoms with Crippen molar-refractivity contribution in [2.75, 3.05) is 7.11 Å². The Morgan fingerprint density at radius 2 is 2.04 bits per heavy atom. The van der Waals surface area contributed by atoms with E-state index in [9.17, 15) is 0 Å². The summed E-state index contributed by atoms with van der Waals surface area (Å²) in [5, 5.41) is 0. The Bertz CT molecular complexity index is 656. The van der Waals surface area contributed by atoms with E-state index in [-0.39, 0.29) is 12.2 Å². The average molecular weight is 316 g/mol. The zero-order chi connectivity index (χ0) is 16.2. The molecule has 2 heterocycles. The summed E-state index contributed by atoms with van der Waals surface area (Å²) in [6.45, 7) is 6.26. The van der Waals surface area contributed by atoms with Crippen LogP contribution in [0.15, 0.2) is 12.4 Å². The Morgan fingerprint density at radius 3 is 2.78 bits per heavy atom. The van der Waals surface area contributed by atoms with Crippen molar-refractivity contribution < 1.29 is 14.2 Å². The van der Waals surface area contributed by atoms with Crippen molar-refractivity contribution in [3.8, 4) is 5.88 Å². The lowest BCUT2D eigenvalue weighted by molar-refractivity contribution is -0.159. The highest BCUT2D eigenvalue weighted by Gasteiger charge is 2.54. The van der Waals surface area contributed by atoms with Crippen LogP contribution in [0.2, 0.25) is 0 Å². The molecule has 0 N–H and O–H groups in total. The molecular formula is C18H24N2O3. The van der Waals surface area contributed by atoms with Gasteiger partial charge in [0.05, 0.1) is 25.0 Å². The first-order valence-electron chi connectivity index (χ1n) is 8.48. The standard InChI is InChI=1S/C18H24N2O3/c1-5-10-8-13(16-15(10)22-18(2,3)23-16)11-6-7-12-14(11)19-9-20-17(12)21-4/h6,9-10,13,15-16H,5,7-8H2,1-4H3/t10-,13-,15-,16?/m0/s1. The maximum absolute atomic E-state index is 6.26. The van der Waals surface area contributed by atoms with Gasteiger partial charge in [0.25, 0.3) is 0 Å². The lowest BCUT2D eigenvalue weighted by Crippen LogP contribution is -2.26. The molecule has 1 aromatic heterocycles. The van der Waals surface area contributed by atoms with Crippen LogP contribution >= 0.6 is 0 Å². The van der Waals surface area contributed by atoms with Gasteiger partial charge in [-0.25, -0.2) is 9.97 Å². The number of rotatable bonds is 3. The van der Waals surface area contributed by atoms with Crippen molar-refractivity contribution >= 4 is 5.57 Å². The first-order chi connectivity index (χ1) is 11.0. The number of aromatic nitrogens is 2. The zero-order valence-corrected chi connectivity index (χ0v) is 14.2. The molecule has 0 bridgehead atoms. The van der Waals surface area contributed by atoms with Gasteiger partial charge >= 0.3 is 0 Å². The Hall–Kier alpha value is -1.46. The van der Waals surface area contributed by atoms with Crippen LogP contribution in [-0.2, 0) is 15.9 Å². The summed E-state index contributed by atoms with van der Waals surface area (Å²) in [5.74, 6) is 1.08. The summed E-state index contributed by atoms with van der Waals surface area (Å²) in [7, 11) is 1.66. The van der Waals surface area contributed by atoms with E-state index in [0.29, 0.717) is 17.7 Å². The van der Waals surface area contributed by atoms with Gasteiger partial charge in [0.2, 0.25) is 5.88 Å². The molecule has 2 fully saturated rings. The molecule has 1 unspecified atom stereocenters. The molecule has 5 heteroatoms. The zero-order valence-electron chi connectivity index (χ0n) is 14.2. The Morgan fingerprint density at radius 1 is 1.26 bits per heavy atom. The number of methoxy groups -OCH3 is 1. The maximum atomic E-state index is 6.26. The van der Waals surface area contributed by atoms with E-state index in [1.165, 1.54) is 5.57 Å². The molecule has 1 saturated heterocycles. The van der Waals surface area contributed by atoms with Gasteiger partial charge in [0.15, 0.2) is 5.79 Å². The van der Waals surface area contributed by atoms with Crippen molar-refractivity contribution in [2.24, 2.45) is 11.8 Å². The van der Waals surface area contributed by atoms with E-state index < -0.39 is 5.79 Å². The van der Waals surface area contributed by atoms with E-state index in [4.69, 9.17) is 14.2 Å². The van der Waals surface area contributed by atoms with Gasteiger partial charge in [-0.2, -0.15) is 0 Å². The summed E-state index contributed by atoms with van der Waals surface area (Å²) in [5.41, 5.74) is 3.42. The molecule has 3 aliphatic rings. The fourth-order valence-corrected chi connectivity index (χ4v) is 4.43. The van der Waals surface area contributed by atoms with E-state index in [1.54, 1.807) is 13.4 Å². The first kappa shape index (κ1) is 15.1. The highest BCUT2D eigenvalue weighted by atomic mass is 16.8. The predicted octanol–water partition coefficient (Wildman–Crippen LogP) is 2.99. The second kappa shape index (κ2) is 5.28. The third kappa shape index (κ3) is 2.29. The van der Waals surface area contributed by atoms with Gasteiger partial charge in [0.1, 0.15) is 6.33 Å². The highest BCUT2D eigenvalue weighted by Crippen LogP contribution is 2.51. The first-order valence-corrected chi connectivity index (χ1v) is 8.48. The van der Waals surface area contributed by atoms with Crippen LogP contribution < -0.4 is 4.74 Å². The van der Waals surface area contributed by atoms with Crippen LogP contribution in [0.4, 0.5) is 0 Å². The van der Waals surface area contributed by atoms with Gasteiger partial charge in [0, 0.05) is 11.5 Å². The molecule has 0 aromatic carbocycles. The minimum absolute atomic E-state index is 0.119. The fraction of sp³-hybridized carbons (Fsp3) is 0.667. The molecule has 0 radical (unpaired) electrons. The number of allylic oxidation sites excluding steroid dienone is 1. The van der Waals surface area contributed by atoms with E-state index in [0.717, 1.165) is 30.5 Å². The van der Waals surface area contributed by atoms with Crippen molar-refractivity contribution in [2.45, 2.75) is 58.0 Å². The molecule has 4 rings (SSSR count). The Balaban J connectivity index is 1.68. The van der Waals surface area contributed by atoms with Crippen LogP contribution in [0, 0.1) is 11.8 Å². The van der Waals surface area contributed by atoms with Crippen LogP contribution in [0.3, 0.4) is 0 Å². The normalized spacial score (nSPS) is 34.2. The maximum Gasteiger partial charge on any atom is 0.220 e. The molecular weight excluding hydrogens is 292 g/mol. The number of ether oxygens (including phenoxy) is 3. The van der Waals surface area contributed by atoms with Gasteiger partial charge in [-0.15, -0.1) is 0 Å². The minimum atomic E-state index is -0.493. The molecule has 1 saturated carbocycles. The van der Waals surface area contributed by atoms with Crippen molar-refractivity contribution in [1.82, 2.24) is 9.97 Å². The Kier molecular flexibility index (Phi) is 3.46. The number of hydrogen-bond acceptors (Lipinski definition) is 5. The summed E-state index contributed by atoms with van der Waals surface area (Å²) in [4.78, 5) is 8.77. The summed E-state index contributed by atoms with van der Waals surface area (Å²) in [6.07, 6.45) is 7.22. The van der Waals surface area contributed by atoms with Crippen molar-refractivity contribution in [3.63, 3.8) is 0 Å². The second-order valence-corrected chi connectivity index (χ2v) is 7.15. The van der Waals surface area contributed by atoms with Gasteiger partial charge in [-0.3, -0.25) is 0 Å². The van der Waals surface area contributed by atoms with Crippen LogP contribution in [0.5, 0.6) is 5.88 Å². The minimum Gasteiger partial charge on any atom is -0.481 e. The summed E-state index contributed by atoms with van der Waals surface area (Å²) in [6, 6.07) is 0. The molecule has 0 spiro atoms. The van der Waals surface area contributed by atoms with E-state index >= 15 is 0 Å². The lowest BCUT2D eigenvalue weighted by atomic mass is 9.93. The van der Waals surface area contributed by atoms with Crippen LogP contribution in [0.25, 0.3) is 5.57 Å². The van der Waals surface area contributed by atoms with Gasteiger partial charge in [-0.1, -0.05) is 19.4 Å². The van der Waals surface area contributed by atoms with E-state index in [1.807, 2.05) is 13.8 Å². The number of fused-ring (bicyclic) bond motifs is 2. The SMILES string of the molecule is CC[C@H]1C[C@@H](C2=CCc3c(OC)ncnc32)C2OC(C)(C)O[C@H]21. The van der Waals surface area contributed by atoms with Crippen LogP contribution in [0.1, 0.15) is 44.9 Å². The van der Waals surface area contributed by atoms with Gasteiger partial charge < -0.3 is 14.2 Å². The molecule has 124 valence electrons. The quantitative estimate of drug-likeness (QED) is 0.858. The summed E-state index contributed by atoms with van der Waals surface area (Å²) >= 11 is 0. The lowest BCUT2D eigenvalue weighted by Gasteiger charge is -2.24. The molecule has 1 aromatic rings. The summed E-state index contributed by atoms with van der Waals surface area (Å²) < 4.78 is 17.8. The third-order valence-electron chi connectivity index (χ3n) is 5.40. The van der Waals surface area contributed by atoms with Crippen molar-refractivity contribution in [1.29, 1.82) is 0 Å². The molecule has 2 aliphatic carbocycles. The largest absolute Gasteiger partial charge is 0.481 e. The molecule has 5 nitrogen and oxygen atoms in total. The Labute approximate surface area is 137 Å². The number of nitrogens with zero attached hydrogens (tertiary/aromatic N) is 2. The molecule has 4 atom stereocenters. The average Bonchev–Trinajstić information content (AvgIpc) is 3.17. The monoisotopic (exact) mass is 316 g/mol. The topological polar surface area (TPSA) is 53.5 Å². The molecule has 0 amide bonds. The molecule has 1 aliphatic heterocycles. The van der Waals surface area contributed by atoms with Crippen molar-refractivity contribution in [3.05, 3.63) is 23.7 Å². The number of hydrogen-bond donors (Lipinski definition) is 0. The second-order valence-electron chi connectivity index (χ2n) is 7.15. The van der Waals surface area contributed by atoms with Crippen LogP contribution in [-0.4, -0.2) is 35.1 Å². The predicted molar refractivity (Wildman–Crippen MR) is 86.0 cm³/mol. The highest BCUT2D eigenvalue weighted by molar-refractivity contribution is 5.74. The van der Waals surface area contributed by atoms with E-state index in [2.05, 4.69) is 23.0 Å². The van der Waals surface area contributed by atoms with Gasteiger partial charge in [-0.05, 0) is 38.2 Å². The fourth-order valence-electron chi connectivity index (χ4n) is 4.43. The molecule has 23 heavy (non-hydrogen) atoms. The smallest absolute Gasteiger partial charge is 0.220 e. The third-order valence-corrected chi connectivity index (χ3v) is 5.40.